The molecule has 144 valence electrons. The highest BCUT2D eigenvalue weighted by Crippen LogP contribution is 2.37. The molecule has 3 N–H and O–H groups in total. The number of halogens is 1. The van der Waals surface area contributed by atoms with Crippen LogP contribution >= 0.6 is 23.7 Å². The normalized spacial score (nSPS) is 23.6. The van der Waals surface area contributed by atoms with Gasteiger partial charge in [-0.25, -0.2) is 0 Å². The molecular formula is C20H24ClN3O2S. The van der Waals surface area contributed by atoms with Gasteiger partial charge in [0, 0.05) is 31.2 Å². The zero-order valence-corrected chi connectivity index (χ0v) is 16.6. The van der Waals surface area contributed by atoms with Crippen LogP contribution in [0.4, 0.5) is 0 Å². The molecule has 1 aliphatic carbocycles. The van der Waals surface area contributed by atoms with Gasteiger partial charge >= 0.3 is 0 Å². The zero-order valence-electron chi connectivity index (χ0n) is 15.0. The van der Waals surface area contributed by atoms with Gasteiger partial charge in [-0.15, -0.1) is 23.7 Å². The maximum Gasteiger partial charge on any atom is 0.261 e. The first-order valence-corrected chi connectivity index (χ1v) is 9.95. The van der Waals surface area contributed by atoms with Crippen molar-refractivity contribution in [2.75, 3.05) is 13.1 Å². The topological polar surface area (TPSA) is 75.4 Å². The van der Waals surface area contributed by atoms with Crippen LogP contribution in [0.3, 0.4) is 0 Å². The fourth-order valence-electron chi connectivity index (χ4n) is 4.10. The predicted octanol–water partition coefficient (Wildman–Crippen LogP) is 2.91. The average molecular weight is 406 g/mol. The number of hydrogen-bond acceptors (Lipinski definition) is 4. The third kappa shape index (κ3) is 4.18. The van der Waals surface area contributed by atoms with Gasteiger partial charge < -0.3 is 16.0 Å². The fraction of sp³-hybridized carbons (Fsp3) is 0.400. The van der Waals surface area contributed by atoms with Crippen LogP contribution in [0.5, 0.6) is 0 Å². The van der Waals surface area contributed by atoms with Crippen molar-refractivity contribution in [3.8, 4) is 0 Å². The van der Waals surface area contributed by atoms with Crippen LogP contribution in [0.25, 0.3) is 0 Å². The average Bonchev–Trinajstić information content (AvgIpc) is 3.39. The molecule has 2 fully saturated rings. The molecule has 1 aromatic heterocycles. The maximum atomic E-state index is 12.7. The lowest BCUT2D eigenvalue weighted by Gasteiger charge is -2.19. The van der Waals surface area contributed by atoms with Crippen LogP contribution in [-0.2, 0) is 6.54 Å². The van der Waals surface area contributed by atoms with Crippen molar-refractivity contribution in [3.05, 3.63) is 57.8 Å². The zero-order chi connectivity index (χ0) is 18.1. The Morgan fingerprint density at radius 3 is 2.59 bits per heavy atom. The Morgan fingerprint density at radius 2 is 1.93 bits per heavy atom. The number of hydrogen-bond donors (Lipinski definition) is 2. The van der Waals surface area contributed by atoms with E-state index < -0.39 is 0 Å². The molecule has 4 rings (SSSR count). The minimum atomic E-state index is -0.0694. The van der Waals surface area contributed by atoms with Gasteiger partial charge in [0.1, 0.15) is 0 Å². The van der Waals surface area contributed by atoms with Crippen LogP contribution < -0.4 is 11.1 Å². The summed E-state index contributed by atoms with van der Waals surface area (Å²) >= 11 is 1.42. The van der Waals surface area contributed by atoms with E-state index in [1.807, 2.05) is 40.6 Å². The number of likely N-dealkylation sites (tertiary alicyclic amines) is 1. The molecule has 1 aromatic carbocycles. The number of carbonyl (C=O) groups is 2. The second-order valence-electron chi connectivity index (χ2n) is 7.23. The van der Waals surface area contributed by atoms with E-state index in [2.05, 4.69) is 5.32 Å². The highest BCUT2D eigenvalue weighted by molar-refractivity contribution is 7.12. The number of amides is 2. The first kappa shape index (κ1) is 19.9. The fourth-order valence-corrected chi connectivity index (χ4v) is 4.74. The van der Waals surface area contributed by atoms with Crippen LogP contribution in [0.1, 0.15) is 38.4 Å². The summed E-state index contributed by atoms with van der Waals surface area (Å²) in [6.07, 6.45) is 2.22. The molecule has 2 aromatic rings. The molecular weight excluding hydrogens is 382 g/mol. The van der Waals surface area contributed by atoms with Gasteiger partial charge in [0.15, 0.2) is 0 Å². The van der Waals surface area contributed by atoms with Crippen molar-refractivity contribution >= 4 is 35.6 Å². The van der Waals surface area contributed by atoms with Crippen molar-refractivity contribution in [1.82, 2.24) is 10.2 Å². The predicted molar refractivity (Wildman–Crippen MR) is 109 cm³/mol. The van der Waals surface area contributed by atoms with E-state index in [4.69, 9.17) is 5.73 Å². The van der Waals surface area contributed by atoms with Crippen LogP contribution in [-0.4, -0.2) is 35.8 Å². The molecule has 0 bridgehead atoms. The molecule has 5 nitrogen and oxygen atoms in total. The SMILES string of the molecule is Cl.NC1CCC2CN(C(=O)c3ccc(CNC(=O)c4cccs4)cc3)CC12. The van der Waals surface area contributed by atoms with E-state index in [-0.39, 0.29) is 30.3 Å². The Kier molecular flexibility index (Phi) is 6.19. The molecule has 2 aliphatic rings. The Hall–Kier alpha value is -1.89. The molecule has 1 saturated carbocycles. The van der Waals surface area contributed by atoms with Gasteiger partial charge in [-0.1, -0.05) is 18.2 Å². The second kappa shape index (κ2) is 8.42. The largest absolute Gasteiger partial charge is 0.347 e. The second-order valence-corrected chi connectivity index (χ2v) is 8.18. The number of nitrogens with one attached hydrogen (secondary N) is 1. The number of thiophene rings is 1. The summed E-state index contributed by atoms with van der Waals surface area (Å²) in [5, 5.41) is 4.78. The van der Waals surface area contributed by atoms with E-state index >= 15 is 0 Å². The lowest BCUT2D eigenvalue weighted by Crippen LogP contribution is -2.33. The highest BCUT2D eigenvalue weighted by Gasteiger charge is 2.42. The van der Waals surface area contributed by atoms with Crippen LogP contribution in [0.2, 0.25) is 0 Å². The van der Waals surface area contributed by atoms with Crippen LogP contribution in [0.15, 0.2) is 41.8 Å². The molecule has 1 saturated heterocycles. The minimum absolute atomic E-state index is 0. The lowest BCUT2D eigenvalue weighted by molar-refractivity contribution is 0.0779. The number of nitrogens with two attached hydrogens (primary N) is 1. The molecule has 27 heavy (non-hydrogen) atoms. The van der Waals surface area contributed by atoms with Crippen molar-refractivity contribution in [2.24, 2.45) is 17.6 Å². The summed E-state index contributed by atoms with van der Waals surface area (Å²) < 4.78 is 0. The van der Waals surface area contributed by atoms with Crippen molar-refractivity contribution in [2.45, 2.75) is 25.4 Å². The Morgan fingerprint density at radius 1 is 1.15 bits per heavy atom. The number of benzene rings is 1. The van der Waals surface area contributed by atoms with Gasteiger partial charge in [0.2, 0.25) is 0 Å². The van der Waals surface area contributed by atoms with Gasteiger partial charge in [-0.2, -0.15) is 0 Å². The van der Waals surface area contributed by atoms with E-state index in [9.17, 15) is 9.59 Å². The standard InChI is InChI=1S/C20H23N3O2S.ClH/c21-17-8-7-15-11-23(12-16(15)17)20(25)14-5-3-13(4-6-14)10-22-19(24)18-2-1-9-26-18;/h1-6,9,15-17H,7-8,10-12,21H2,(H,22,24);1H. The Labute approximate surface area is 169 Å². The number of fused-ring (bicyclic) bond motifs is 1. The van der Waals surface area contributed by atoms with Gasteiger partial charge in [0.25, 0.3) is 11.8 Å². The molecule has 7 heteroatoms. The Balaban J connectivity index is 0.00000210. The number of rotatable bonds is 4. The lowest BCUT2D eigenvalue weighted by atomic mass is 9.98. The molecule has 3 atom stereocenters. The van der Waals surface area contributed by atoms with Gasteiger partial charge in [-0.3, -0.25) is 9.59 Å². The molecule has 2 heterocycles. The van der Waals surface area contributed by atoms with Gasteiger partial charge in [0.05, 0.1) is 4.88 Å². The minimum Gasteiger partial charge on any atom is -0.347 e. The van der Waals surface area contributed by atoms with E-state index in [0.29, 0.717) is 28.8 Å². The molecule has 2 amide bonds. The first-order valence-electron chi connectivity index (χ1n) is 9.07. The summed E-state index contributed by atoms with van der Waals surface area (Å²) in [6.45, 7) is 2.06. The quantitative estimate of drug-likeness (QED) is 0.821. The van der Waals surface area contributed by atoms with E-state index in [0.717, 1.165) is 31.5 Å². The van der Waals surface area contributed by atoms with E-state index in [1.165, 1.54) is 11.3 Å². The molecule has 3 unspecified atom stereocenters. The molecule has 1 aliphatic heterocycles. The maximum absolute atomic E-state index is 12.7. The van der Waals surface area contributed by atoms with Crippen LogP contribution in [0, 0.1) is 11.8 Å². The van der Waals surface area contributed by atoms with Gasteiger partial charge in [-0.05, 0) is 53.8 Å². The molecule has 0 spiro atoms. The first-order chi connectivity index (χ1) is 12.6. The number of nitrogens with zero attached hydrogens (tertiary/aromatic N) is 1. The summed E-state index contributed by atoms with van der Waals surface area (Å²) in [5.41, 5.74) is 7.84. The van der Waals surface area contributed by atoms with E-state index in [1.54, 1.807) is 6.07 Å². The van der Waals surface area contributed by atoms with Crippen molar-refractivity contribution in [1.29, 1.82) is 0 Å². The third-order valence-electron chi connectivity index (χ3n) is 5.60. The van der Waals surface area contributed by atoms with Crippen molar-refractivity contribution < 1.29 is 9.59 Å². The summed E-state index contributed by atoms with van der Waals surface area (Å²) in [5.74, 6) is 1.05. The summed E-state index contributed by atoms with van der Waals surface area (Å²) in [7, 11) is 0. The number of carbonyl (C=O) groups excluding carboxylic acids is 2. The monoisotopic (exact) mass is 405 g/mol. The highest BCUT2D eigenvalue weighted by atomic mass is 35.5. The van der Waals surface area contributed by atoms with Crippen molar-refractivity contribution in [3.63, 3.8) is 0 Å². The Bertz CT molecular complexity index is 794. The summed E-state index contributed by atoms with van der Waals surface area (Å²) in [6, 6.07) is 11.4. The smallest absolute Gasteiger partial charge is 0.261 e. The molecule has 0 radical (unpaired) electrons. The summed E-state index contributed by atoms with van der Waals surface area (Å²) in [4.78, 5) is 27.4. The third-order valence-corrected chi connectivity index (χ3v) is 6.47.